The first-order chi connectivity index (χ1) is 5.09. The lowest BCUT2D eigenvalue weighted by Crippen LogP contribution is -1.88. The molecule has 0 spiro atoms. The molecule has 3 heteroatoms. The quantitative estimate of drug-likeness (QED) is 0.577. The molecule has 0 bridgehead atoms. The predicted molar refractivity (Wildman–Crippen MR) is 40.6 cm³/mol. The summed E-state index contributed by atoms with van der Waals surface area (Å²) in [6, 6.07) is 3.27. The van der Waals surface area contributed by atoms with Crippen LogP contribution in [-0.2, 0) is 0 Å². The van der Waals surface area contributed by atoms with Crippen molar-refractivity contribution in [3.63, 3.8) is 0 Å². The number of rotatable bonds is 1. The van der Waals surface area contributed by atoms with Crippen molar-refractivity contribution in [3.05, 3.63) is 35.4 Å². The maximum Gasteiger partial charge on any atom is 0.126 e. The lowest BCUT2D eigenvalue weighted by Gasteiger charge is -2.02. The van der Waals surface area contributed by atoms with Gasteiger partial charge < -0.3 is 0 Å². The van der Waals surface area contributed by atoms with Crippen molar-refractivity contribution in [1.82, 2.24) is 0 Å². The van der Waals surface area contributed by atoms with Gasteiger partial charge in [0.2, 0.25) is 0 Å². The molecule has 0 saturated heterocycles. The second kappa shape index (κ2) is 3.18. The van der Waals surface area contributed by atoms with Crippen molar-refractivity contribution in [2.24, 2.45) is 0 Å². The molecule has 60 valence electrons. The molecular formula is C8H7ClF2. The first-order valence-electron chi connectivity index (χ1n) is 3.19. The van der Waals surface area contributed by atoms with E-state index < -0.39 is 11.6 Å². The molecule has 0 fully saturated rings. The zero-order valence-electron chi connectivity index (χ0n) is 5.94. The van der Waals surface area contributed by atoms with Gasteiger partial charge in [0.05, 0.1) is 5.38 Å². The van der Waals surface area contributed by atoms with E-state index in [0.29, 0.717) is 5.56 Å². The summed E-state index contributed by atoms with van der Waals surface area (Å²) in [6.07, 6.45) is 0. The summed E-state index contributed by atoms with van der Waals surface area (Å²) in [5.74, 6) is -1.18. The third-order valence-electron chi connectivity index (χ3n) is 1.34. The van der Waals surface area contributed by atoms with Gasteiger partial charge >= 0.3 is 0 Å². The molecule has 0 heterocycles. The van der Waals surface area contributed by atoms with E-state index >= 15 is 0 Å². The summed E-state index contributed by atoms with van der Waals surface area (Å²) in [7, 11) is 0. The van der Waals surface area contributed by atoms with Gasteiger partial charge in [0, 0.05) is 6.07 Å². The van der Waals surface area contributed by atoms with Crippen LogP contribution in [0.15, 0.2) is 18.2 Å². The minimum atomic E-state index is -0.590. The van der Waals surface area contributed by atoms with Crippen LogP contribution in [0.2, 0.25) is 0 Å². The number of alkyl halides is 1. The Morgan fingerprint density at radius 3 is 2.00 bits per heavy atom. The maximum atomic E-state index is 12.5. The van der Waals surface area contributed by atoms with Crippen LogP contribution >= 0.6 is 11.6 Å². The molecule has 1 unspecified atom stereocenters. The fraction of sp³-hybridized carbons (Fsp3) is 0.250. The third kappa shape index (κ3) is 2.15. The Labute approximate surface area is 68.8 Å². The molecule has 0 aliphatic carbocycles. The van der Waals surface area contributed by atoms with Gasteiger partial charge in [0.15, 0.2) is 0 Å². The van der Waals surface area contributed by atoms with Crippen molar-refractivity contribution in [2.45, 2.75) is 12.3 Å². The fourth-order valence-electron chi connectivity index (χ4n) is 0.805. The van der Waals surface area contributed by atoms with Crippen molar-refractivity contribution >= 4 is 11.6 Å². The van der Waals surface area contributed by atoms with E-state index in [4.69, 9.17) is 11.6 Å². The third-order valence-corrected chi connectivity index (χ3v) is 1.60. The Morgan fingerprint density at radius 2 is 1.64 bits per heavy atom. The van der Waals surface area contributed by atoms with E-state index in [2.05, 4.69) is 0 Å². The SMILES string of the molecule is CC(Cl)c1cc(F)cc(F)c1. The molecule has 0 aliphatic heterocycles. The number of halogens is 3. The van der Waals surface area contributed by atoms with E-state index in [0.717, 1.165) is 6.07 Å². The summed E-state index contributed by atoms with van der Waals surface area (Å²) in [6.45, 7) is 1.66. The summed E-state index contributed by atoms with van der Waals surface area (Å²) >= 11 is 5.61. The summed E-state index contributed by atoms with van der Waals surface area (Å²) in [4.78, 5) is 0. The largest absolute Gasteiger partial charge is 0.207 e. The highest BCUT2D eigenvalue weighted by Crippen LogP contribution is 2.20. The molecule has 0 nitrogen and oxygen atoms in total. The fourth-order valence-corrected chi connectivity index (χ4v) is 0.931. The van der Waals surface area contributed by atoms with Gasteiger partial charge in [0.1, 0.15) is 11.6 Å². The molecule has 1 aromatic rings. The number of hydrogen-bond donors (Lipinski definition) is 0. The Hall–Kier alpha value is -0.630. The second-order valence-electron chi connectivity index (χ2n) is 2.32. The van der Waals surface area contributed by atoms with Gasteiger partial charge in [-0.2, -0.15) is 0 Å². The van der Waals surface area contributed by atoms with E-state index in [1.165, 1.54) is 12.1 Å². The van der Waals surface area contributed by atoms with Gasteiger partial charge in [-0.3, -0.25) is 0 Å². The van der Waals surface area contributed by atoms with Gasteiger partial charge in [-0.05, 0) is 24.6 Å². The smallest absolute Gasteiger partial charge is 0.126 e. The molecule has 0 N–H and O–H groups in total. The standard InChI is InChI=1S/C8H7ClF2/c1-5(9)6-2-7(10)4-8(11)3-6/h2-5H,1H3. The number of benzene rings is 1. The highest BCUT2D eigenvalue weighted by Gasteiger charge is 2.04. The zero-order chi connectivity index (χ0) is 8.43. The molecule has 0 aliphatic rings. The molecule has 1 atom stereocenters. The monoisotopic (exact) mass is 176 g/mol. The Kier molecular flexibility index (Phi) is 2.45. The molecule has 0 saturated carbocycles. The predicted octanol–water partition coefficient (Wildman–Crippen LogP) is 3.26. The van der Waals surface area contributed by atoms with Crippen LogP contribution in [0.25, 0.3) is 0 Å². The first kappa shape index (κ1) is 8.47. The minimum absolute atomic E-state index is 0.361. The number of hydrogen-bond acceptors (Lipinski definition) is 0. The van der Waals surface area contributed by atoms with Gasteiger partial charge in [-0.25, -0.2) is 8.78 Å². The normalized spacial score (nSPS) is 13.1. The summed E-state index contributed by atoms with van der Waals surface area (Å²) in [5.41, 5.74) is 0.462. The Balaban J connectivity index is 3.08. The van der Waals surface area contributed by atoms with Crippen molar-refractivity contribution in [2.75, 3.05) is 0 Å². The molecule has 0 amide bonds. The highest BCUT2D eigenvalue weighted by molar-refractivity contribution is 6.20. The van der Waals surface area contributed by atoms with Crippen molar-refractivity contribution in [3.8, 4) is 0 Å². The first-order valence-corrected chi connectivity index (χ1v) is 3.63. The maximum absolute atomic E-state index is 12.5. The zero-order valence-corrected chi connectivity index (χ0v) is 6.70. The lowest BCUT2D eigenvalue weighted by atomic mass is 10.1. The molecule has 0 radical (unpaired) electrons. The Bertz CT molecular complexity index is 238. The van der Waals surface area contributed by atoms with Crippen LogP contribution in [0.5, 0.6) is 0 Å². The van der Waals surface area contributed by atoms with E-state index in [1.807, 2.05) is 0 Å². The van der Waals surface area contributed by atoms with Gasteiger partial charge in [0.25, 0.3) is 0 Å². The van der Waals surface area contributed by atoms with E-state index in [9.17, 15) is 8.78 Å². The van der Waals surface area contributed by atoms with E-state index in [-0.39, 0.29) is 5.38 Å². The van der Waals surface area contributed by atoms with Crippen molar-refractivity contribution in [1.29, 1.82) is 0 Å². The van der Waals surface area contributed by atoms with Crippen LogP contribution in [-0.4, -0.2) is 0 Å². The second-order valence-corrected chi connectivity index (χ2v) is 2.97. The average molecular weight is 177 g/mol. The van der Waals surface area contributed by atoms with E-state index in [1.54, 1.807) is 6.92 Å². The van der Waals surface area contributed by atoms with Gasteiger partial charge in [-0.1, -0.05) is 0 Å². The van der Waals surface area contributed by atoms with Gasteiger partial charge in [-0.15, -0.1) is 11.6 Å². The lowest BCUT2D eigenvalue weighted by molar-refractivity contribution is 0.579. The molecule has 1 rings (SSSR count). The van der Waals surface area contributed by atoms with Crippen LogP contribution in [0.1, 0.15) is 17.9 Å². The van der Waals surface area contributed by atoms with Crippen LogP contribution < -0.4 is 0 Å². The van der Waals surface area contributed by atoms with Crippen molar-refractivity contribution < 1.29 is 8.78 Å². The van der Waals surface area contributed by atoms with Crippen LogP contribution in [0, 0.1) is 11.6 Å². The van der Waals surface area contributed by atoms with Crippen LogP contribution in [0.3, 0.4) is 0 Å². The van der Waals surface area contributed by atoms with Crippen LogP contribution in [0.4, 0.5) is 8.78 Å². The summed E-state index contributed by atoms with van der Waals surface area (Å²) in [5, 5.41) is -0.361. The highest BCUT2D eigenvalue weighted by atomic mass is 35.5. The molecule has 1 aromatic carbocycles. The topological polar surface area (TPSA) is 0 Å². The Morgan fingerprint density at radius 1 is 1.18 bits per heavy atom. The molecular weight excluding hydrogens is 170 g/mol. The summed E-state index contributed by atoms with van der Waals surface area (Å²) < 4.78 is 25.0. The molecule has 0 aromatic heterocycles. The minimum Gasteiger partial charge on any atom is -0.207 e. The molecule has 11 heavy (non-hydrogen) atoms. The average Bonchev–Trinajstić information content (AvgIpc) is 1.85.